The van der Waals surface area contributed by atoms with Gasteiger partial charge in [-0.05, 0) is 72.8 Å². The van der Waals surface area contributed by atoms with E-state index in [4.69, 9.17) is 16.6 Å². The van der Waals surface area contributed by atoms with Gasteiger partial charge in [0, 0.05) is 19.3 Å². The molecule has 0 heterocycles. The van der Waals surface area contributed by atoms with Crippen LogP contribution >= 0.6 is 11.8 Å². The van der Waals surface area contributed by atoms with Crippen LogP contribution in [0.25, 0.3) is 0 Å². The van der Waals surface area contributed by atoms with Crippen molar-refractivity contribution < 1.29 is 83.4 Å². The summed E-state index contributed by atoms with van der Waals surface area (Å²) in [7, 11) is 0. The van der Waals surface area contributed by atoms with E-state index < -0.39 is 165 Å². The summed E-state index contributed by atoms with van der Waals surface area (Å²) in [6.07, 6.45) is 0.420. The van der Waals surface area contributed by atoms with Crippen LogP contribution < -0.4 is 59.3 Å². The predicted octanol–water partition coefficient (Wildman–Crippen LogP) is -4.97. The first-order valence-electron chi connectivity index (χ1n) is 26.0. The number of carbonyl (C=O) groups is 11. The molecule has 0 aliphatic heterocycles. The summed E-state index contributed by atoms with van der Waals surface area (Å²) in [5, 5.41) is 80.4. The molecule has 0 saturated heterocycles. The normalized spacial score (nSPS) is 14.9. The van der Waals surface area contributed by atoms with E-state index in [1.807, 2.05) is 0 Å². The maximum Gasteiger partial charge on any atom is 0.326 e. The maximum absolute atomic E-state index is 14.5. The number of aromatic hydroxyl groups is 1. The van der Waals surface area contributed by atoms with Crippen LogP contribution in [0.2, 0.25) is 0 Å². The molecule has 450 valence electrons. The fourth-order valence-electron chi connectivity index (χ4n) is 7.71. The molecule has 2 aromatic carbocycles. The molecule has 0 bridgehead atoms. The van der Waals surface area contributed by atoms with E-state index in [0.717, 1.165) is 0 Å². The Balaban J connectivity index is 2.51. The van der Waals surface area contributed by atoms with Crippen molar-refractivity contribution in [3.8, 4) is 5.75 Å². The van der Waals surface area contributed by atoms with Crippen molar-refractivity contribution in [2.24, 2.45) is 23.3 Å². The number of carboxylic acids is 1. The summed E-state index contributed by atoms with van der Waals surface area (Å²) in [5.41, 5.74) is 11.8. The number of rotatable bonds is 37. The van der Waals surface area contributed by atoms with Crippen LogP contribution in [-0.4, -0.2) is 195 Å². The van der Waals surface area contributed by atoms with E-state index in [2.05, 4.69) is 47.9 Å². The van der Waals surface area contributed by atoms with Crippen molar-refractivity contribution in [1.82, 2.24) is 47.9 Å². The van der Waals surface area contributed by atoms with Crippen molar-refractivity contribution in [3.05, 3.63) is 65.7 Å². The Labute approximate surface area is 472 Å². The average molecular weight is 1160 g/mol. The van der Waals surface area contributed by atoms with E-state index >= 15 is 0 Å². The van der Waals surface area contributed by atoms with Crippen LogP contribution in [0.5, 0.6) is 5.75 Å². The van der Waals surface area contributed by atoms with Gasteiger partial charge in [0.1, 0.15) is 66.2 Å². The van der Waals surface area contributed by atoms with Gasteiger partial charge in [0.05, 0.1) is 26.4 Å². The standard InChI is InChI=1S/C52H79N11O17S/c1-27(2)19-35(46(73)60-38(52(79)80)20-28(3)4)57-45(72)34(17-18-81-5)56-48(75)37(22-30-11-13-31(68)14-12-30)58-44(71)33(15-16-42(54)69)55-47(74)36(21-29-9-7-6-8-10-29)59-49(76)40(25-66)62-51(78)41(26-67)63-50(77)39(24-65)61-43(70)32(53)23-64/h6-14,27-28,32-41,64-68H,15-26,53H2,1-5H3,(H2,54,69)(H,55,74)(H,56,75)(H,57,72)(H,58,71)(H,59,76)(H,60,73)(H,61,70)(H,62,78)(H,63,77)(H,79,80)/t32-,33-,34-,35-,36-,37-,38-,39-,40-,41-/m0/s1. The number of aliphatic hydroxyl groups is 4. The number of aliphatic carboxylic acids is 1. The third-order valence-electron chi connectivity index (χ3n) is 12.1. The quantitative estimate of drug-likeness (QED) is 0.0301. The fourth-order valence-corrected chi connectivity index (χ4v) is 8.19. The molecule has 10 amide bonds. The fraction of sp³-hybridized carbons (Fsp3) is 0.558. The number of carboxylic acid groups (broad SMARTS) is 1. The Hall–Kier alpha value is -7.44. The summed E-state index contributed by atoms with van der Waals surface area (Å²) in [6, 6.07) is -1.97. The van der Waals surface area contributed by atoms with Crippen LogP contribution in [0.3, 0.4) is 0 Å². The van der Waals surface area contributed by atoms with Gasteiger partial charge in [-0.15, -0.1) is 0 Å². The average Bonchev–Trinajstić information content (AvgIpc) is 3.42. The van der Waals surface area contributed by atoms with Crippen LogP contribution in [-0.2, 0) is 65.6 Å². The van der Waals surface area contributed by atoms with Crippen molar-refractivity contribution in [3.63, 3.8) is 0 Å². The molecule has 0 saturated carbocycles. The molecule has 0 aromatic heterocycles. The van der Waals surface area contributed by atoms with E-state index in [-0.39, 0.29) is 49.7 Å². The van der Waals surface area contributed by atoms with Crippen molar-refractivity contribution in [2.45, 2.75) is 133 Å². The third kappa shape index (κ3) is 25.3. The van der Waals surface area contributed by atoms with Crippen molar-refractivity contribution in [2.75, 3.05) is 38.4 Å². The molecule has 2 rings (SSSR count). The Morgan fingerprint density at radius 1 is 0.457 bits per heavy atom. The smallest absolute Gasteiger partial charge is 0.326 e. The highest BCUT2D eigenvalue weighted by atomic mass is 32.2. The van der Waals surface area contributed by atoms with Gasteiger partial charge in [0.25, 0.3) is 0 Å². The Morgan fingerprint density at radius 3 is 1.21 bits per heavy atom. The molecule has 29 heteroatoms. The Morgan fingerprint density at radius 2 is 0.802 bits per heavy atom. The largest absolute Gasteiger partial charge is 0.508 e. The SMILES string of the molecule is CSCC[C@H](NC(=O)[C@H](Cc1ccc(O)cc1)NC(=O)[C@H](CCC(N)=O)NC(=O)[C@H](Cc1ccccc1)NC(=O)[C@H](CO)NC(=O)[C@H](CO)NC(=O)[C@H](CO)NC(=O)[C@@H](N)CO)C(=O)N[C@@H](CC(C)C)C(=O)N[C@@H](CC(C)C)C(=O)O. The first kappa shape index (κ1) is 69.7. The van der Waals surface area contributed by atoms with Crippen molar-refractivity contribution in [1.29, 1.82) is 0 Å². The minimum atomic E-state index is -1.88. The summed E-state index contributed by atoms with van der Waals surface area (Å²) >= 11 is 1.33. The van der Waals surface area contributed by atoms with Crippen molar-refractivity contribution >= 4 is 76.8 Å². The highest BCUT2D eigenvalue weighted by Crippen LogP contribution is 2.15. The molecular formula is C52H79N11O17S. The molecule has 10 atom stereocenters. The topological polar surface area (TPSA) is 469 Å². The lowest BCUT2D eigenvalue weighted by Crippen LogP contribution is -2.62. The number of hydrogen-bond donors (Lipinski definition) is 17. The number of nitrogens with two attached hydrogens (primary N) is 2. The van der Waals surface area contributed by atoms with E-state index in [9.17, 15) is 78.3 Å². The zero-order valence-electron chi connectivity index (χ0n) is 45.8. The van der Waals surface area contributed by atoms with Gasteiger partial charge in [-0.25, -0.2) is 4.79 Å². The summed E-state index contributed by atoms with van der Waals surface area (Å²) in [4.78, 5) is 147. The first-order valence-corrected chi connectivity index (χ1v) is 27.4. The van der Waals surface area contributed by atoms with Crippen LogP contribution in [0, 0.1) is 11.8 Å². The van der Waals surface area contributed by atoms with Crippen LogP contribution in [0.15, 0.2) is 54.6 Å². The summed E-state index contributed by atoms with van der Waals surface area (Å²) in [6.45, 7) is 3.10. The lowest BCUT2D eigenvalue weighted by molar-refractivity contribution is -0.143. The third-order valence-corrected chi connectivity index (χ3v) is 12.8. The molecule has 0 unspecified atom stereocenters. The van der Waals surface area contributed by atoms with Crippen LogP contribution in [0.1, 0.15) is 70.9 Å². The minimum absolute atomic E-state index is 0.0135. The monoisotopic (exact) mass is 1160 g/mol. The zero-order valence-corrected chi connectivity index (χ0v) is 46.7. The summed E-state index contributed by atoms with van der Waals surface area (Å²) in [5.74, 6) is -11.5. The lowest BCUT2D eigenvalue weighted by atomic mass is 10.00. The second-order valence-electron chi connectivity index (χ2n) is 19.8. The summed E-state index contributed by atoms with van der Waals surface area (Å²) < 4.78 is 0. The molecule has 0 fully saturated rings. The molecular weight excluding hydrogens is 1080 g/mol. The molecule has 19 N–H and O–H groups in total. The van der Waals surface area contributed by atoms with Gasteiger partial charge in [-0.1, -0.05) is 70.2 Å². The number of amides is 10. The van der Waals surface area contributed by atoms with E-state index in [1.165, 1.54) is 36.0 Å². The molecule has 28 nitrogen and oxygen atoms in total. The van der Waals surface area contributed by atoms with Gasteiger partial charge in [0.2, 0.25) is 59.1 Å². The molecule has 0 aliphatic rings. The maximum atomic E-state index is 14.5. The van der Waals surface area contributed by atoms with E-state index in [1.54, 1.807) is 64.3 Å². The molecule has 0 spiro atoms. The number of carbonyl (C=O) groups excluding carboxylic acids is 10. The van der Waals surface area contributed by atoms with Gasteiger partial charge in [-0.3, -0.25) is 47.9 Å². The number of phenols is 1. The Bertz CT molecular complexity index is 2420. The van der Waals surface area contributed by atoms with Gasteiger partial charge in [0.15, 0.2) is 0 Å². The minimum Gasteiger partial charge on any atom is -0.508 e. The highest BCUT2D eigenvalue weighted by molar-refractivity contribution is 7.98. The number of hydrogen-bond acceptors (Lipinski definition) is 18. The van der Waals surface area contributed by atoms with Gasteiger partial charge < -0.3 is 90.0 Å². The molecule has 0 aliphatic carbocycles. The molecule has 81 heavy (non-hydrogen) atoms. The number of nitrogens with one attached hydrogen (secondary N) is 9. The van der Waals surface area contributed by atoms with Crippen LogP contribution in [0.4, 0.5) is 0 Å². The van der Waals surface area contributed by atoms with E-state index in [0.29, 0.717) is 16.9 Å². The first-order chi connectivity index (χ1) is 38.3. The second-order valence-corrected chi connectivity index (χ2v) is 20.8. The van der Waals surface area contributed by atoms with Gasteiger partial charge >= 0.3 is 5.97 Å². The number of aliphatic hydroxyl groups excluding tert-OH is 4. The number of thioether (sulfide) groups is 1. The molecule has 0 radical (unpaired) electrons. The van der Waals surface area contributed by atoms with Gasteiger partial charge in [-0.2, -0.15) is 11.8 Å². The highest BCUT2D eigenvalue weighted by Gasteiger charge is 2.36. The molecule has 2 aromatic rings. The Kier molecular flexibility index (Phi) is 31.0. The predicted molar refractivity (Wildman–Crippen MR) is 294 cm³/mol. The number of phenolic OH excluding ortho intramolecular Hbond substituents is 1. The number of primary amides is 1. The number of benzene rings is 2. The lowest BCUT2D eigenvalue weighted by Gasteiger charge is -2.28. The second kappa shape index (κ2) is 36.0. The zero-order chi connectivity index (χ0) is 60.9.